The topological polar surface area (TPSA) is 50.3 Å². The largest absolute Gasteiger partial charge is 0.263 e. The Morgan fingerprint density at radius 2 is 2.18 bits per heavy atom. The van der Waals surface area contributed by atoms with Crippen LogP contribution in [-0.4, -0.2) is 42.6 Å². The van der Waals surface area contributed by atoms with Gasteiger partial charge in [-0.05, 0) is 12.1 Å². The van der Waals surface area contributed by atoms with Gasteiger partial charge in [-0.2, -0.15) is 4.31 Å². The lowest BCUT2D eigenvalue weighted by atomic mass is 10.5. The summed E-state index contributed by atoms with van der Waals surface area (Å²) in [5.41, 5.74) is 0. The lowest BCUT2D eigenvalue weighted by molar-refractivity contribution is 0.121. The number of aromatic nitrogens is 1. The van der Waals surface area contributed by atoms with Gasteiger partial charge in [0.1, 0.15) is 4.90 Å². The minimum Gasteiger partial charge on any atom is -0.263 e. The molecule has 1 heterocycles. The highest BCUT2D eigenvalue weighted by Gasteiger charge is 2.26. The van der Waals surface area contributed by atoms with Crippen molar-refractivity contribution in [3.63, 3.8) is 0 Å². The van der Waals surface area contributed by atoms with E-state index >= 15 is 0 Å². The Hall–Kier alpha value is -0.600. The summed E-state index contributed by atoms with van der Waals surface area (Å²) in [6, 6.07) is 2.77. The van der Waals surface area contributed by atoms with Gasteiger partial charge in [-0.25, -0.2) is 17.2 Å². The summed E-state index contributed by atoms with van der Waals surface area (Å²) in [4.78, 5) is 3.59. The summed E-state index contributed by atoms with van der Waals surface area (Å²) in [5, 5.41) is 0.291. The van der Waals surface area contributed by atoms with Gasteiger partial charge in [-0.3, -0.25) is 4.98 Å². The third-order valence-electron chi connectivity index (χ3n) is 1.95. The van der Waals surface area contributed by atoms with Crippen LogP contribution in [0.1, 0.15) is 0 Å². The van der Waals surface area contributed by atoms with Gasteiger partial charge in [-0.15, -0.1) is 0 Å². The molecule has 1 rings (SSSR count). The molecule has 96 valence electrons. The van der Waals surface area contributed by atoms with Crippen LogP contribution in [0.5, 0.6) is 0 Å². The highest BCUT2D eigenvalue weighted by molar-refractivity contribution is 9.09. The summed E-state index contributed by atoms with van der Waals surface area (Å²) in [6.07, 6.45) is -0.149. The lowest BCUT2D eigenvalue weighted by Crippen LogP contribution is -2.36. The van der Waals surface area contributed by atoms with Crippen molar-refractivity contribution in [3.8, 4) is 0 Å². The summed E-state index contributed by atoms with van der Waals surface area (Å²) in [6.45, 7) is -0.829. The molecule has 0 bridgehead atoms. The standard InChI is InChI=1S/C9H11BrF2N2O2S/c10-3-5-14(7-9(11)12)17(15,16)8-2-1-4-13-6-8/h1-2,4,6,9H,3,5,7H2. The maximum Gasteiger partial charge on any atom is 0.252 e. The number of hydrogen-bond donors (Lipinski definition) is 0. The molecule has 0 aliphatic carbocycles. The molecule has 0 atom stereocenters. The van der Waals surface area contributed by atoms with E-state index in [-0.39, 0.29) is 11.4 Å². The van der Waals surface area contributed by atoms with Gasteiger partial charge >= 0.3 is 0 Å². The predicted molar refractivity (Wildman–Crippen MR) is 62.8 cm³/mol. The molecule has 0 aromatic carbocycles. The van der Waals surface area contributed by atoms with E-state index in [0.717, 1.165) is 10.5 Å². The molecule has 1 aromatic rings. The van der Waals surface area contributed by atoms with E-state index in [1.807, 2.05) is 0 Å². The Morgan fingerprint density at radius 3 is 2.65 bits per heavy atom. The fourth-order valence-electron chi connectivity index (χ4n) is 1.21. The maximum atomic E-state index is 12.3. The Balaban J connectivity index is 3.00. The molecule has 0 unspecified atom stereocenters. The smallest absolute Gasteiger partial charge is 0.252 e. The van der Waals surface area contributed by atoms with Gasteiger partial charge in [0.2, 0.25) is 10.0 Å². The van der Waals surface area contributed by atoms with Crippen molar-refractivity contribution >= 4 is 26.0 Å². The highest BCUT2D eigenvalue weighted by Crippen LogP contribution is 2.15. The number of pyridine rings is 1. The first-order valence-electron chi connectivity index (χ1n) is 4.72. The Morgan fingerprint density at radius 1 is 1.47 bits per heavy atom. The van der Waals surface area contributed by atoms with E-state index < -0.39 is 23.0 Å². The molecule has 17 heavy (non-hydrogen) atoms. The number of halogens is 3. The third kappa shape index (κ3) is 3.97. The van der Waals surface area contributed by atoms with Crippen LogP contribution in [0.3, 0.4) is 0 Å². The second-order valence-corrected chi connectivity index (χ2v) is 5.86. The van der Waals surface area contributed by atoms with Crippen LogP contribution in [0.4, 0.5) is 8.78 Å². The zero-order valence-electron chi connectivity index (χ0n) is 8.76. The maximum absolute atomic E-state index is 12.3. The van der Waals surface area contributed by atoms with Gasteiger partial charge in [0.15, 0.2) is 0 Å². The minimum atomic E-state index is -3.90. The molecule has 0 aliphatic rings. The summed E-state index contributed by atoms with van der Waals surface area (Å²) in [7, 11) is -3.90. The van der Waals surface area contributed by atoms with Gasteiger partial charge in [-0.1, -0.05) is 15.9 Å². The SMILES string of the molecule is O=S(=O)(c1cccnc1)N(CCBr)CC(F)F. The number of nitrogens with zero attached hydrogens (tertiary/aromatic N) is 2. The number of sulfonamides is 1. The average Bonchev–Trinajstić information content (AvgIpc) is 2.29. The highest BCUT2D eigenvalue weighted by atomic mass is 79.9. The van der Waals surface area contributed by atoms with Crippen LogP contribution >= 0.6 is 15.9 Å². The quantitative estimate of drug-likeness (QED) is 0.747. The van der Waals surface area contributed by atoms with Crippen LogP contribution in [0.15, 0.2) is 29.4 Å². The lowest BCUT2D eigenvalue weighted by Gasteiger charge is -2.20. The first kappa shape index (κ1) is 14.5. The molecule has 8 heteroatoms. The van der Waals surface area contributed by atoms with Gasteiger partial charge < -0.3 is 0 Å². The number of rotatable bonds is 6. The van der Waals surface area contributed by atoms with Crippen LogP contribution in [0.25, 0.3) is 0 Å². The van der Waals surface area contributed by atoms with Crippen molar-refractivity contribution < 1.29 is 17.2 Å². The molecule has 0 N–H and O–H groups in total. The van der Waals surface area contributed by atoms with E-state index in [9.17, 15) is 17.2 Å². The van der Waals surface area contributed by atoms with Crippen molar-refractivity contribution in [2.75, 3.05) is 18.4 Å². The van der Waals surface area contributed by atoms with E-state index in [4.69, 9.17) is 0 Å². The van der Waals surface area contributed by atoms with Crippen LogP contribution in [0.2, 0.25) is 0 Å². The van der Waals surface area contributed by atoms with Gasteiger partial charge in [0.25, 0.3) is 6.43 Å². The fraction of sp³-hybridized carbons (Fsp3) is 0.444. The number of alkyl halides is 3. The monoisotopic (exact) mass is 328 g/mol. The molecule has 0 saturated heterocycles. The van der Waals surface area contributed by atoms with E-state index in [2.05, 4.69) is 20.9 Å². The van der Waals surface area contributed by atoms with Gasteiger partial charge in [0.05, 0.1) is 6.54 Å². The molecule has 0 saturated carbocycles. The number of hydrogen-bond acceptors (Lipinski definition) is 3. The van der Waals surface area contributed by atoms with Crippen molar-refractivity contribution in [2.45, 2.75) is 11.3 Å². The Kier molecular flexibility index (Phi) is 5.41. The molecule has 0 amide bonds. The molecule has 0 radical (unpaired) electrons. The van der Waals surface area contributed by atoms with Crippen LogP contribution in [0, 0.1) is 0 Å². The minimum absolute atomic E-state index is 0.0123. The molecule has 4 nitrogen and oxygen atoms in total. The van der Waals surface area contributed by atoms with Gasteiger partial charge in [0, 0.05) is 24.3 Å². The molecular weight excluding hydrogens is 318 g/mol. The fourth-order valence-corrected chi connectivity index (χ4v) is 3.25. The van der Waals surface area contributed by atoms with Crippen LogP contribution in [-0.2, 0) is 10.0 Å². The summed E-state index contributed by atoms with van der Waals surface area (Å²) >= 11 is 3.04. The summed E-state index contributed by atoms with van der Waals surface area (Å²) in [5.74, 6) is 0. The second-order valence-electron chi connectivity index (χ2n) is 3.13. The molecule has 0 fully saturated rings. The first-order valence-corrected chi connectivity index (χ1v) is 7.29. The average molecular weight is 329 g/mol. The zero-order chi connectivity index (χ0) is 12.9. The van der Waals surface area contributed by atoms with E-state index in [1.54, 1.807) is 0 Å². The van der Waals surface area contributed by atoms with E-state index in [0.29, 0.717) is 5.33 Å². The molecule has 0 aliphatic heterocycles. The normalized spacial score (nSPS) is 12.3. The molecule has 0 spiro atoms. The second kappa shape index (κ2) is 6.36. The molecule has 1 aromatic heterocycles. The van der Waals surface area contributed by atoms with Crippen molar-refractivity contribution in [1.82, 2.24) is 9.29 Å². The van der Waals surface area contributed by atoms with Crippen molar-refractivity contribution in [1.29, 1.82) is 0 Å². The zero-order valence-corrected chi connectivity index (χ0v) is 11.2. The third-order valence-corrected chi connectivity index (χ3v) is 4.15. The summed E-state index contributed by atoms with van der Waals surface area (Å²) < 4.78 is 49.4. The van der Waals surface area contributed by atoms with Crippen molar-refractivity contribution in [2.24, 2.45) is 0 Å². The first-order chi connectivity index (χ1) is 7.98. The Labute approximate surface area is 107 Å². The van der Waals surface area contributed by atoms with Crippen LogP contribution < -0.4 is 0 Å². The van der Waals surface area contributed by atoms with Crippen molar-refractivity contribution in [3.05, 3.63) is 24.5 Å². The Bertz CT molecular complexity index is 442. The predicted octanol–water partition coefficient (Wildman–Crippen LogP) is 1.73. The molecular formula is C9H11BrF2N2O2S. The van der Waals surface area contributed by atoms with E-state index in [1.165, 1.54) is 18.3 Å².